The van der Waals surface area contributed by atoms with Crippen LogP contribution in [0.2, 0.25) is 0 Å². The first kappa shape index (κ1) is 22.6. The van der Waals surface area contributed by atoms with Gasteiger partial charge in [-0.15, -0.1) is 11.3 Å². The summed E-state index contributed by atoms with van der Waals surface area (Å²) in [6.07, 6.45) is -2.41. The Kier molecular flexibility index (Phi) is 6.76. The van der Waals surface area contributed by atoms with Crippen LogP contribution in [0, 0.1) is 5.92 Å². The van der Waals surface area contributed by atoms with Gasteiger partial charge in [0.05, 0.1) is 18.2 Å². The molecule has 0 fully saturated rings. The van der Waals surface area contributed by atoms with Crippen molar-refractivity contribution in [3.05, 3.63) is 45.2 Å². The molecule has 2 rings (SSSR count). The number of rotatable bonds is 4. The van der Waals surface area contributed by atoms with Crippen LogP contribution < -0.4 is 9.54 Å². The molecule has 0 aliphatic rings. The number of methoxy groups -OCH3 is 1. The second-order valence-corrected chi connectivity index (χ2v) is 9.40. The molecule has 28 heavy (non-hydrogen) atoms. The van der Waals surface area contributed by atoms with E-state index in [1.54, 1.807) is 0 Å². The third-order valence-electron chi connectivity index (χ3n) is 3.98. The number of benzene rings is 1. The lowest BCUT2D eigenvalue weighted by Crippen LogP contribution is -2.19. The predicted molar refractivity (Wildman–Crippen MR) is 111 cm³/mol. The summed E-state index contributed by atoms with van der Waals surface area (Å²) in [5.74, 6) is 0.655. The van der Waals surface area contributed by atoms with Crippen LogP contribution in [-0.2, 0) is 18.1 Å². The predicted octanol–water partition coefficient (Wildman–Crippen LogP) is 5.81. The quantitative estimate of drug-likeness (QED) is 0.573. The zero-order valence-corrected chi connectivity index (χ0v) is 18.5. The van der Waals surface area contributed by atoms with Crippen molar-refractivity contribution in [2.45, 2.75) is 52.8 Å². The van der Waals surface area contributed by atoms with Crippen molar-refractivity contribution >= 4 is 28.5 Å². The van der Waals surface area contributed by atoms with Crippen molar-refractivity contribution < 1.29 is 17.9 Å². The molecular formula is C20H25F3N2OS2. The number of thiazole rings is 1. The van der Waals surface area contributed by atoms with Gasteiger partial charge in [0.1, 0.15) is 10.7 Å². The van der Waals surface area contributed by atoms with Gasteiger partial charge in [0, 0.05) is 17.6 Å². The number of hydrogen-bond donors (Lipinski definition) is 0. The smallest absolute Gasteiger partial charge is 0.416 e. The SMILES string of the molecule is COc1ccc(C(F)(F)F)cc1C(=S)/N=c1\sc(C(C)(C)C)cn1CC(C)C. The summed E-state index contributed by atoms with van der Waals surface area (Å²) < 4.78 is 46.6. The van der Waals surface area contributed by atoms with E-state index in [-0.39, 0.29) is 21.7 Å². The monoisotopic (exact) mass is 430 g/mol. The van der Waals surface area contributed by atoms with Crippen molar-refractivity contribution in [1.82, 2.24) is 4.57 Å². The molecule has 0 spiro atoms. The zero-order chi connectivity index (χ0) is 21.3. The van der Waals surface area contributed by atoms with Crippen LogP contribution in [0.25, 0.3) is 0 Å². The van der Waals surface area contributed by atoms with Crippen LogP contribution in [0.3, 0.4) is 0 Å². The topological polar surface area (TPSA) is 26.5 Å². The van der Waals surface area contributed by atoms with E-state index in [0.717, 1.165) is 23.6 Å². The Hall–Kier alpha value is -1.67. The Morgan fingerprint density at radius 3 is 2.39 bits per heavy atom. The van der Waals surface area contributed by atoms with Crippen LogP contribution >= 0.6 is 23.6 Å². The number of ether oxygens (including phenoxy) is 1. The Morgan fingerprint density at radius 2 is 1.89 bits per heavy atom. The fourth-order valence-corrected chi connectivity index (χ4v) is 3.90. The minimum atomic E-state index is -4.46. The molecule has 1 heterocycles. The summed E-state index contributed by atoms with van der Waals surface area (Å²) in [6.45, 7) is 11.3. The maximum atomic E-state index is 13.1. The molecule has 2 aromatic rings. The van der Waals surface area contributed by atoms with E-state index in [4.69, 9.17) is 17.0 Å². The first-order chi connectivity index (χ1) is 12.8. The highest BCUT2D eigenvalue weighted by Crippen LogP contribution is 2.33. The summed E-state index contributed by atoms with van der Waals surface area (Å²) in [5.41, 5.74) is -0.682. The second-order valence-electron chi connectivity index (χ2n) is 8.00. The van der Waals surface area contributed by atoms with Gasteiger partial charge in [-0.05, 0) is 29.5 Å². The van der Waals surface area contributed by atoms with Crippen molar-refractivity contribution in [3.63, 3.8) is 0 Å². The van der Waals surface area contributed by atoms with E-state index in [2.05, 4.69) is 45.8 Å². The van der Waals surface area contributed by atoms with Crippen molar-refractivity contribution in [2.75, 3.05) is 7.11 Å². The Balaban J connectivity index is 2.59. The fourth-order valence-electron chi connectivity index (χ4n) is 2.54. The third kappa shape index (κ3) is 5.44. The normalized spacial score (nSPS) is 13.3. The average molecular weight is 431 g/mol. The molecule has 0 saturated carbocycles. The molecule has 8 heteroatoms. The van der Waals surface area contributed by atoms with E-state index in [1.165, 1.54) is 24.5 Å². The third-order valence-corrected chi connectivity index (χ3v) is 5.73. The molecule has 3 nitrogen and oxygen atoms in total. The van der Waals surface area contributed by atoms with Crippen molar-refractivity contribution in [2.24, 2.45) is 10.9 Å². The highest BCUT2D eigenvalue weighted by Gasteiger charge is 2.31. The first-order valence-corrected chi connectivity index (χ1v) is 10.1. The lowest BCUT2D eigenvalue weighted by molar-refractivity contribution is -0.137. The van der Waals surface area contributed by atoms with Gasteiger partial charge >= 0.3 is 6.18 Å². The van der Waals surface area contributed by atoms with Gasteiger partial charge in [-0.1, -0.05) is 46.8 Å². The number of hydrogen-bond acceptors (Lipinski definition) is 3. The Morgan fingerprint density at radius 1 is 1.25 bits per heavy atom. The van der Waals surface area contributed by atoms with Crippen LogP contribution in [0.4, 0.5) is 13.2 Å². The summed E-state index contributed by atoms with van der Waals surface area (Å²) in [7, 11) is 1.40. The molecule has 0 amide bonds. The second kappa shape index (κ2) is 8.37. The highest BCUT2D eigenvalue weighted by atomic mass is 32.1. The summed E-state index contributed by atoms with van der Waals surface area (Å²) >= 11 is 6.89. The van der Waals surface area contributed by atoms with E-state index in [1.807, 2.05) is 4.57 Å². The van der Waals surface area contributed by atoms with E-state index in [9.17, 15) is 13.2 Å². The molecule has 154 valence electrons. The lowest BCUT2D eigenvalue weighted by atomic mass is 9.95. The van der Waals surface area contributed by atoms with E-state index < -0.39 is 11.7 Å². The molecule has 0 aliphatic heterocycles. The van der Waals surface area contributed by atoms with Crippen molar-refractivity contribution in [3.8, 4) is 5.75 Å². The van der Waals surface area contributed by atoms with Crippen LogP contribution in [-0.4, -0.2) is 16.7 Å². The van der Waals surface area contributed by atoms with Gasteiger partial charge in [0.25, 0.3) is 0 Å². The standard InChI is InChI=1S/C20H25F3N2OS2/c1-12(2)10-25-11-16(19(3,4)5)28-18(25)24-17(27)14-9-13(20(21,22)23)7-8-15(14)26-6/h7-9,11-12H,10H2,1-6H3/b24-18-. The van der Waals surface area contributed by atoms with E-state index in [0.29, 0.717) is 10.7 Å². The molecule has 0 radical (unpaired) electrons. The number of alkyl halides is 3. The van der Waals surface area contributed by atoms with Gasteiger partial charge in [-0.3, -0.25) is 0 Å². The fraction of sp³-hybridized carbons (Fsp3) is 0.500. The minimum Gasteiger partial charge on any atom is -0.496 e. The maximum absolute atomic E-state index is 13.1. The molecule has 0 N–H and O–H groups in total. The summed E-state index contributed by atoms with van der Waals surface area (Å²) in [6, 6.07) is 3.25. The summed E-state index contributed by atoms with van der Waals surface area (Å²) in [4.78, 5) is 6.39. The number of halogens is 3. The number of thiocarbonyl (C=S) groups is 1. The summed E-state index contributed by atoms with van der Waals surface area (Å²) in [5, 5.41) is 0. The van der Waals surface area contributed by atoms with Crippen LogP contribution in [0.5, 0.6) is 5.75 Å². The van der Waals surface area contributed by atoms with Gasteiger partial charge < -0.3 is 9.30 Å². The number of aromatic nitrogens is 1. The maximum Gasteiger partial charge on any atom is 0.416 e. The molecule has 1 aromatic carbocycles. The first-order valence-electron chi connectivity index (χ1n) is 8.88. The van der Waals surface area contributed by atoms with E-state index >= 15 is 0 Å². The Bertz CT molecular complexity index is 919. The number of nitrogens with zero attached hydrogens (tertiary/aromatic N) is 2. The molecule has 0 saturated heterocycles. The molecule has 0 unspecified atom stereocenters. The van der Waals surface area contributed by atoms with Crippen LogP contribution in [0.1, 0.15) is 50.6 Å². The molecule has 0 bridgehead atoms. The Labute approximate surface area is 172 Å². The van der Waals surface area contributed by atoms with Gasteiger partial charge in [-0.25, -0.2) is 4.99 Å². The van der Waals surface area contributed by atoms with Crippen LogP contribution in [0.15, 0.2) is 29.4 Å². The highest BCUT2D eigenvalue weighted by molar-refractivity contribution is 7.80. The minimum absolute atomic E-state index is 0.0628. The molecule has 0 atom stereocenters. The van der Waals surface area contributed by atoms with Crippen molar-refractivity contribution in [1.29, 1.82) is 0 Å². The lowest BCUT2D eigenvalue weighted by Gasteiger charge is -2.14. The van der Waals surface area contributed by atoms with Gasteiger partial charge in [-0.2, -0.15) is 13.2 Å². The zero-order valence-electron chi connectivity index (χ0n) is 16.8. The molecule has 0 aliphatic carbocycles. The van der Waals surface area contributed by atoms with Gasteiger partial charge in [0.2, 0.25) is 0 Å². The molecule has 1 aromatic heterocycles. The van der Waals surface area contributed by atoms with Gasteiger partial charge in [0.15, 0.2) is 4.80 Å². The largest absolute Gasteiger partial charge is 0.496 e. The molecular weight excluding hydrogens is 405 g/mol. The average Bonchev–Trinajstić information content (AvgIpc) is 2.95.